The van der Waals surface area contributed by atoms with Crippen LogP contribution in [0.4, 0.5) is 5.82 Å². The Balaban J connectivity index is 1.98. The van der Waals surface area contributed by atoms with Gasteiger partial charge in [0, 0.05) is 16.9 Å². The molecule has 1 N–H and O–H groups in total. The minimum Gasteiger partial charge on any atom is -0.309 e. The van der Waals surface area contributed by atoms with E-state index >= 15 is 0 Å². The Kier molecular flexibility index (Phi) is 4.13. The lowest BCUT2D eigenvalue weighted by molar-refractivity contribution is -0.116. The number of carbonyl (C=O) groups excluding carboxylic acids is 1. The van der Waals surface area contributed by atoms with Gasteiger partial charge in [-0.1, -0.05) is 0 Å². The summed E-state index contributed by atoms with van der Waals surface area (Å²) in [6.07, 6.45) is 3.40. The number of amides is 1. The van der Waals surface area contributed by atoms with Crippen molar-refractivity contribution in [2.75, 3.05) is 5.32 Å². The van der Waals surface area contributed by atoms with Gasteiger partial charge in [0.2, 0.25) is 5.91 Å². The summed E-state index contributed by atoms with van der Waals surface area (Å²) < 4.78 is 3.33. The largest absolute Gasteiger partial charge is 0.309 e. The molecule has 0 unspecified atom stereocenters. The Morgan fingerprint density at radius 1 is 1.44 bits per heavy atom. The predicted molar refractivity (Wildman–Crippen MR) is 75.2 cm³/mol. The van der Waals surface area contributed by atoms with E-state index in [-0.39, 0.29) is 12.5 Å². The number of rotatable bonds is 3. The summed E-state index contributed by atoms with van der Waals surface area (Å²) in [6, 6.07) is 3.55. The van der Waals surface area contributed by atoms with Gasteiger partial charge in [-0.25, -0.2) is 4.98 Å². The molecular formula is C11H10Br2N4O. The Hall–Kier alpha value is -1.21. The van der Waals surface area contributed by atoms with Gasteiger partial charge in [-0.3, -0.25) is 9.48 Å². The molecule has 0 spiro atoms. The molecule has 2 aromatic heterocycles. The summed E-state index contributed by atoms with van der Waals surface area (Å²) in [5, 5.41) is 6.89. The van der Waals surface area contributed by atoms with Crippen molar-refractivity contribution in [1.29, 1.82) is 0 Å². The molecular weight excluding hydrogens is 364 g/mol. The van der Waals surface area contributed by atoms with Gasteiger partial charge >= 0.3 is 0 Å². The van der Waals surface area contributed by atoms with E-state index in [1.54, 1.807) is 23.1 Å². The lowest BCUT2D eigenvalue weighted by atomic mass is 10.4. The number of nitrogens with one attached hydrogen (secondary N) is 1. The molecule has 2 rings (SSSR count). The van der Waals surface area contributed by atoms with Crippen molar-refractivity contribution in [1.82, 2.24) is 14.8 Å². The zero-order valence-electron chi connectivity index (χ0n) is 9.52. The number of halogens is 2. The van der Waals surface area contributed by atoms with Crippen LogP contribution in [0.5, 0.6) is 0 Å². The van der Waals surface area contributed by atoms with Crippen LogP contribution in [0.15, 0.2) is 33.5 Å². The van der Waals surface area contributed by atoms with E-state index in [4.69, 9.17) is 0 Å². The third kappa shape index (κ3) is 3.39. The summed E-state index contributed by atoms with van der Waals surface area (Å²) >= 11 is 6.63. The summed E-state index contributed by atoms with van der Waals surface area (Å²) in [6.45, 7) is 2.03. The van der Waals surface area contributed by atoms with Crippen molar-refractivity contribution in [3.05, 3.63) is 39.2 Å². The Morgan fingerprint density at radius 2 is 2.22 bits per heavy atom. The van der Waals surface area contributed by atoms with Gasteiger partial charge < -0.3 is 5.32 Å². The summed E-state index contributed by atoms with van der Waals surface area (Å²) in [7, 11) is 0. The van der Waals surface area contributed by atoms with Crippen LogP contribution >= 0.6 is 31.9 Å². The van der Waals surface area contributed by atoms with Gasteiger partial charge in [-0.2, -0.15) is 5.10 Å². The zero-order chi connectivity index (χ0) is 13.1. The SMILES string of the molecule is Cc1nn(CC(=O)Nc2ccc(Br)cn2)cc1Br. The lowest BCUT2D eigenvalue weighted by Crippen LogP contribution is -2.19. The lowest BCUT2D eigenvalue weighted by Gasteiger charge is -2.04. The van der Waals surface area contributed by atoms with Gasteiger partial charge in [0.1, 0.15) is 12.4 Å². The molecule has 0 aliphatic heterocycles. The van der Waals surface area contributed by atoms with Crippen molar-refractivity contribution in [2.45, 2.75) is 13.5 Å². The maximum Gasteiger partial charge on any atom is 0.247 e. The van der Waals surface area contributed by atoms with Gasteiger partial charge in [-0.05, 0) is 50.9 Å². The second-order valence-corrected chi connectivity index (χ2v) is 5.44. The molecule has 0 bridgehead atoms. The van der Waals surface area contributed by atoms with E-state index in [1.807, 2.05) is 13.0 Å². The average molecular weight is 374 g/mol. The first-order valence-corrected chi connectivity index (χ1v) is 6.74. The molecule has 0 saturated heterocycles. The van der Waals surface area contributed by atoms with E-state index in [0.717, 1.165) is 14.6 Å². The third-order valence-corrected chi connectivity index (χ3v) is 3.43. The third-order valence-electron chi connectivity index (χ3n) is 2.19. The normalized spacial score (nSPS) is 10.4. The molecule has 0 aromatic carbocycles. The molecule has 0 radical (unpaired) electrons. The fraction of sp³-hybridized carbons (Fsp3) is 0.182. The first-order chi connectivity index (χ1) is 8.54. The molecule has 0 fully saturated rings. The Labute approximate surface area is 121 Å². The molecule has 7 heteroatoms. The van der Waals surface area contributed by atoms with Crippen LogP contribution in [0.25, 0.3) is 0 Å². The first-order valence-electron chi connectivity index (χ1n) is 5.15. The highest BCUT2D eigenvalue weighted by atomic mass is 79.9. The smallest absolute Gasteiger partial charge is 0.247 e. The number of nitrogens with zero attached hydrogens (tertiary/aromatic N) is 3. The van der Waals surface area contributed by atoms with Crippen LogP contribution < -0.4 is 5.32 Å². The second-order valence-electron chi connectivity index (χ2n) is 3.67. The van der Waals surface area contributed by atoms with Crippen LogP contribution in [0.2, 0.25) is 0 Å². The molecule has 0 aliphatic carbocycles. The van der Waals surface area contributed by atoms with E-state index in [0.29, 0.717) is 5.82 Å². The molecule has 18 heavy (non-hydrogen) atoms. The fourth-order valence-electron chi connectivity index (χ4n) is 1.35. The monoisotopic (exact) mass is 372 g/mol. The van der Waals surface area contributed by atoms with Crippen LogP contribution in [0, 0.1) is 6.92 Å². The number of pyridine rings is 1. The topological polar surface area (TPSA) is 59.8 Å². The molecule has 0 atom stereocenters. The number of hydrogen-bond donors (Lipinski definition) is 1. The molecule has 5 nitrogen and oxygen atoms in total. The molecule has 2 aromatic rings. The quantitative estimate of drug-likeness (QED) is 0.899. The minimum absolute atomic E-state index is 0.157. The summed E-state index contributed by atoms with van der Waals surface area (Å²) in [4.78, 5) is 15.8. The van der Waals surface area contributed by atoms with Crippen LogP contribution in [-0.4, -0.2) is 20.7 Å². The highest BCUT2D eigenvalue weighted by Crippen LogP contribution is 2.13. The average Bonchev–Trinajstić information content (AvgIpc) is 2.61. The van der Waals surface area contributed by atoms with Crippen LogP contribution in [0.1, 0.15) is 5.69 Å². The predicted octanol–water partition coefficient (Wildman–Crippen LogP) is 2.75. The van der Waals surface area contributed by atoms with Gasteiger partial charge in [0.25, 0.3) is 0 Å². The highest BCUT2D eigenvalue weighted by Gasteiger charge is 2.07. The van der Waals surface area contributed by atoms with E-state index < -0.39 is 0 Å². The molecule has 0 saturated carbocycles. The van der Waals surface area contributed by atoms with Crippen molar-refractivity contribution in [3.8, 4) is 0 Å². The number of aromatic nitrogens is 3. The highest BCUT2D eigenvalue weighted by molar-refractivity contribution is 9.10. The maximum absolute atomic E-state index is 11.7. The van der Waals surface area contributed by atoms with Crippen LogP contribution in [0.3, 0.4) is 0 Å². The molecule has 94 valence electrons. The van der Waals surface area contributed by atoms with Gasteiger partial charge in [-0.15, -0.1) is 0 Å². The van der Waals surface area contributed by atoms with E-state index in [2.05, 4.69) is 47.3 Å². The van der Waals surface area contributed by atoms with E-state index in [1.165, 1.54) is 0 Å². The molecule has 1 amide bonds. The van der Waals surface area contributed by atoms with Crippen molar-refractivity contribution in [3.63, 3.8) is 0 Å². The standard InChI is InChI=1S/C11H10Br2N4O/c1-7-9(13)5-17(16-7)6-11(18)15-10-3-2-8(12)4-14-10/h2-5H,6H2,1H3,(H,14,15,18). The molecule has 2 heterocycles. The minimum atomic E-state index is -0.167. The number of carbonyl (C=O) groups is 1. The summed E-state index contributed by atoms with van der Waals surface area (Å²) in [5.74, 6) is 0.353. The fourth-order valence-corrected chi connectivity index (χ4v) is 1.90. The number of anilines is 1. The number of aryl methyl sites for hydroxylation is 1. The Morgan fingerprint density at radius 3 is 2.78 bits per heavy atom. The van der Waals surface area contributed by atoms with Crippen molar-refractivity contribution in [2.24, 2.45) is 0 Å². The van der Waals surface area contributed by atoms with Gasteiger partial charge in [0.05, 0.1) is 10.2 Å². The second kappa shape index (κ2) is 5.62. The Bertz CT molecular complexity index is 545. The summed E-state index contributed by atoms with van der Waals surface area (Å²) in [5.41, 5.74) is 0.851. The van der Waals surface area contributed by atoms with Crippen molar-refractivity contribution < 1.29 is 4.79 Å². The van der Waals surface area contributed by atoms with Gasteiger partial charge in [0.15, 0.2) is 0 Å². The maximum atomic E-state index is 11.7. The van der Waals surface area contributed by atoms with Crippen LogP contribution in [-0.2, 0) is 11.3 Å². The molecule has 0 aliphatic rings. The van der Waals surface area contributed by atoms with Crippen molar-refractivity contribution >= 4 is 43.6 Å². The first kappa shape index (κ1) is 13.2. The number of hydrogen-bond acceptors (Lipinski definition) is 3. The zero-order valence-corrected chi connectivity index (χ0v) is 12.7. The van der Waals surface area contributed by atoms with E-state index in [9.17, 15) is 4.79 Å².